The Morgan fingerprint density at radius 3 is 2.81 bits per heavy atom. The minimum absolute atomic E-state index is 0.0481. The van der Waals surface area contributed by atoms with Crippen LogP contribution in [0, 0.1) is 12.7 Å². The van der Waals surface area contributed by atoms with Gasteiger partial charge in [0.05, 0.1) is 5.69 Å². The van der Waals surface area contributed by atoms with Crippen molar-refractivity contribution < 1.29 is 9.18 Å². The molecule has 0 spiro atoms. The van der Waals surface area contributed by atoms with Gasteiger partial charge in [-0.1, -0.05) is 11.6 Å². The third-order valence-electron chi connectivity index (χ3n) is 2.75. The highest BCUT2D eigenvalue weighted by Crippen LogP contribution is 2.20. The first kappa shape index (κ1) is 15.3. The zero-order valence-electron chi connectivity index (χ0n) is 11.7. The van der Waals surface area contributed by atoms with Gasteiger partial charge in [0.15, 0.2) is 0 Å². The molecule has 0 saturated carbocycles. The van der Waals surface area contributed by atoms with Gasteiger partial charge in [-0.15, -0.1) is 0 Å². The number of anilines is 2. The number of aromatic nitrogens is 1. The molecule has 0 saturated heterocycles. The smallest absolute Gasteiger partial charge is 0.255 e. The summed E-state index contributed by atoms with van der Waals surface area (Å²) >= 11 is 5.80. The molecule has 6 heteroatoms. The van der Waals surface area contributed by atoms with Crippen molar-refractivity contribution in [2.24, 2.45) is 0 Å². The Morgan fingerprint density at radius 2 is 2.10 bits per heavy atom. The highest BCUT2D eigenvalue weighted by atomic mass is 35.5. The van der Waals surface area contributed by atoms with Gasteiger partial charge in [-0.05, 0) is 44.2 Å². The average Bonchev–Trinajstić information content (AvgIpc) is 2.42. The van der Waals surface area contributed by atoms with Crippen molar-refractivity contribution in [3.05, 3.63) is 52.4 Å². The van der Waals surface area contributed by atoms with Crippen molar-refractivity contribution in [3.63, 3.8) is 0 Å². The van der Waals surface area contributed by atoms with Gasteiger partial charge in [0.2, 0.25) is 0 Å². The van der Waals surface area contributed by atoms with E-state index in [2.05, 4.69) is 15.6 Å². The van der Waals surface area contributed by atoms with Crippen LogP contribution in [0.15, 0.2) is 30.3 Å². The second kappa shape index (κ2) is 6.54. The van der Waals surface area contributed by atoms with Gasteiger partial charge >= 0.3 is 0 Å². The van der Waals surface area contributed by atoms with Gasteiger partial charge in [0, 0.05) is 22.8 Å². The lowest BCUT2D eigenvalue weighted by Crippen LogP contribution is -2.14. The SMILES string of the molecule is CCNc1cc(C(=O)Nc2cc(Cl)ccc2F)cc(C)n1. The second-order valence-corrected chi connectivity index (χ2v) is 4.93. The Morgan fingerprint density at radius 1 is 1.33 bits per heavy atom. The summed E-state index contributed by atoms with van der Waals surface area (Å²) in [6, 6.07) is 7.26. The van der Waals surface area contributed by atoms with Crippen molar-refractivity contribution >= 4 is 29.0 Å². The van der Waals surface area contributed by atoms with Gasteiger partial charge in [-0.3, -0.25) is 4.79 Å². The van der Waals surface area contributed by atoms with Gasteiger partial charge in [0.25, 0.3) is 5.91 Å². The molecule has 0 aliphatic carbocycles. The van der Waals surface area contributed by atoms with E-state index in [1.165, 1.54) is 18.2 Å². The lowest BCUT2D eigenvalue weighted by molar-refractivity contribution is 0.102. The molecule has 110 valence electrons. The maximum absolute atomic E-state index is 13.6. The number of nitrogens with one attached hydrogen (secondary N) is 2. The molecular formula is C15H15ClFN3O. The summed E-state index contributed by atoms with van der Waals surface area (Å²) in [5, 5.41) is 5.90. The molecule has 1 heterocycles. The minimum atomic E-state index is -0.537. The number of hydrogen-bond donors (Lipinski definition) is 2. The Kier molecular flexibility index (Phi) is 4.75. The summed E-state index contributed by atoms with van der Waals surface area (Å²) < 4.78 is 13.6. The normalized spacial score (nSPS) is 10.3. The van der Waals surface area contributed by atoms with E-state index in [4.69, 9.17) is 11.6 Å². The van der Waals surface area contributed by atoms with E-state index in [1.54, 1.807) is 19.1 Å². The molecular weight excluding hydrogens is 293 g/mol. The molecule has 1 aromatic carbocycles. The first-order valence-electron chi connectivity index (χ1n) is 6.48. The summed E-state index contributed by atoms with van der Waals surface area (Å²) in [6.07, 6.45) is 0. The number of pyridine rings is 1. The van der Waals surface area contributed by atoms with Crippen molar-refractivity contribution in [2.75, 3.05) is 17.2 Å². The van der Waals surface area contributed by atoms with Crippen LogP contribution in [0.3, 0.4) is 0 Å². The lowest BCUT2D eigenvalue weighted by atomic mass is 10.2. The van der Waals surface area contributed by atoms with Crippen LogP contribution in [0.4, 0.5) is 15.9 Å². The molecule has 1 aromatic heterocycles. The van der Waals surface area contributed by atoms with Crippen molar-refractivity contribution in [1.29, 1.82) is 0 Å². The zero-order valence-corrected chi connectivity index (χ0v) is 12.5. The molecule has 0 bridgehead atoms. The number of carbonyl (C=O) groups excluding carboxylic acids is 1. The molecule has 21 heavy (non-hydrogen) atoms. The fourth-order valence-corrected chi connectivity index (χ4v) is 2.03. The predicted octanol–water partition coefficient (Wildman–Crippen LogP) is 3.87. The molecule has 2 aromatic rings. The lowest BCUT2D eigenvalue weighted by Gasteiger charge is -2.09. The quantitative estimate of drug-likeness (QED) is 0.901. The number of hydrogen-bond acceptors (Lipinski definition) is 3. The topological polar surface area (TPSA) is 54.0 Å². The summed E-state index contributed by atoms with van der Waals surface area (Å²) in [4.78, 5) is 16.5. The van der Waals surface area contributed by atoms with Crippen LogP contribution in [0.5, 0.6) is 0 Å². The molecule has 2 rings (SSSR count). The standard InChI is InChI=1S/C15H15ClFN3O/c1-3-18-14-7-10(6-9(2)19-14)15(21)20-13-8-11(16)4-5-12(13)17/h4-8H,3H2,1-2H3,(H,18,19)(H,20,21). The molecule has 0 atom stereocenters. The van der Waals surface area contributed by atoms with Gasteiger partial charge in [-0.25, -0.2) is 9.37 Å². The molecule has 0 aliphatic rings. The van der Waals surface area contributed by atoms with Gasteiger partial charge in [0.1, 0.15) is 11.6 Å². The Labute approximate surface area is 127 Å². The van der Waals surface area contributed by atoms with E-state index in [9.17, 15) is 9.18 Å². The van der Waals surface area contributed by atoms with Crippen LogP contribution in [0.2, 0.25) is 5.02 Å². The summed E-state index contributed by atoms with van der Waals surface area (Å²) in [7, 11) is 0. The zero-order chi connectivity index (χ0) is 15.4. The summed E-state index contributed by atoms with van der Waals surface area (Å²) in [6.45, 7) is 4.42. The van der Waals surface area contributed by atoms with Gasteiger partial charge < -0.3 is 10.6 Å². The largest absolute Gasteiger partial charge is 0.370 e. The Hall–Kier alpha value is -2.14. The van der Waals surface area contributed by atoms with Crippen molar-refractivity contribution in [3.8, 4) is 0 Å². The van der Waals surface area contributed by atoms with Crippen LogP contribution < -0.4 is 10.6 Å². The molecule has 0 unspecified atom stereocenters. The molecule has 1 amide bonds. The van der Waals surface area contributed by atoms with Crippen molar-refractivity contribution in [2.45, 2.75) is 13.8 Å². The van der Waals surface area contributed by atoms with Crippen molar-refractivity contribution in [1.82, 2.24) is 4.98 Å². The monoisotopic (exact) mass is 307 g/mol. The van der Waals surface area contributed by atoms with Crippen LogP contribution >= 0.6 is 11.6 Å². The Bertz CT molecular complexity index is 676. The number of nitrogens with zero attached hydrogens (tertiary/aromatic N) is 1. The molecule has 0 fully saturated rings. The van der Waals surface area contributed by atoms with E-state index >= 15 is 0 Å². The Balaban J connectivity index is 2.25. The number of rotatable bonds is 4. The highest BCUT2D eigenvalue weighted by Gasteiger charge is 2.11. The number of carbonyl (C=O) groups is 1. The van der Waals surface area contributed by atoms with E-state index in [0.29, 0.717) is 28.6 Å². The van der Waals surface area contributed by atoms with Crippen LogP contribution in [-0.2, 0) is 0 Å². The molecule has 0 radical (unpaired) electrons. The maximum atomic E-state index is 13.6. The number of benzene rings is 1. The average molecular weight is 308 g/mol. The third-order valence-corrected chi connectivity index (χ3v) is 2.99. The van der Waals surface area contributed by atoms with E-state index in [0.717, 1.165) is 0 Å². The van der Waals surface area contributed by atoms with Crippen LogP contribution in [0.1, 0.15) is 23.0 Å². The first-order chi connectivity index (χ1) is 9.99. The van der Waals surface area contributed by atoms with E-state index in [1.807, 2.05) is 6.92 Å². The molecule has 4 nitrogen and oxygen atoms in total. The first-order valence-corrected chi connectivity index (χ1v) is 6.86. The predicted molar refractivity (Wildman–Crippen MR) is 82.5 cm³/mol. The number of halogens is 2. The molecule has 0 aliphatic heterocycles. The van der Waals surface area contributed by atoms with Crippen LogP contribution in [0.25, 0.3) is 0 Å². The summed E-state index contributed by atoms with van der Waals surface area (Å²) in [5.41, 5.74) is 1.15. The fraction of sp³-hybridized carbons (Fsp3) is 0.200. The maximum Gasteiger partial charge on any atom is 0.255 e. The fourth-order valence-electron chi connectivity index (χ4n) is 1.86. The van der Waals surface area contributed by atoms with Gasteiger partial charge in [-0.2, -0.15) is 0 Å². The summed E-state index contributed by atoms with van der Waals surface area (Å²) in [5.74, 6) is -0.347. The highest BCUT2D eigenvalue weighted by molar-refractivity contribution is 6.31. The minimum Gasteiger partial charge on any atom is -0.370 e. The van der Waals surface area contributed by atoms with E-state index in [-0.39, 0.29) is 5.69 Å². The van der Waals surface area contributed by atoms with E-state index < -0.39 is 11.7 Å². The number of aryl methyl sites for hydroxylation is 1. The molecule has 2 N–H and O–H groups in total. The third kappa shape index (κ3) is 3.92. The van der Waals surface area contributed by atoms with Crippen LogP contribution in [-0.4, -0.2) is 17.4 Å². The second-order valence-electron chi connectivity index (χ2n) is 4.49. The number of amides is 1.